The molecular weight excluding hydrogens is 475 g/mol. The highest BCUT2D eigenvalue weighted by atomic mass is 19.4. The second kappa shape index (κ2) is 10.9. The quantitative estimate of drug-likeness (QED) is 0.579. The largest absolute Gasteiger partial charge is 0.489 e. The topological polar surface area (TPSA) is 89.3 Å². The molecule has 0 bridgehead atoms. The van der Waals surface area contributed by atoms with Crippen molar-refractivity contribution in [2.24, 2.45) is 11.8 Å². The maximum Gasteiger partial charge on any atom is 0.391 e. The third kappa shape index (κ3) is 5.82. The van der Waals surface area contributed by atoms with Crippen LogP contribution in [0.5, 0.6) is 5.75 Å². The number of ether oxygens (including phenoxy) is 1. The molecule has 1 aliphatic heterocycles. The molecule has 8 nitrogen and oxygen atoms in total. The molecule has 0 spiro atoms. The van der Waals surface area contributed by atoms with Crippen molar-refractivity contribution in [1.29, 1.82) is 0 Å². The van der Waals surface area contributed by atoms with E-state index in [2.05, 4.69) is 15.4 Å². The molecule has 2 amide bonds. The number of rotatable bonds is 7. The van der Waals surface area contributed by atoms with Gasteiger partial charge in [-0.05, 0) is 64.5 Å². The van der Waals surface area contributed by atoms with Gasteiger partial charge in [0.15, 0.2) is 11.4 Å². The number of hydrogen-bond acceptors (Lipinski definition) is 5. The zero-order valence-corrected chi connectivity index (χ0v) is 20.5. The van der Waals surface area contributed by atoms with Crippen molar-refractivity contribution in [3.63, 3.8) is 0 Å². The number of aromatic nitrogens is 3. The summed E-state index contributed by atoms with van der Waals surface area (Å²) in [5, 5.41) is 7.03. The lowest BCUT2D eigenvalue weighted by Gasteiger charge is -2.33. The molecule has 4 rings (SSSR count). The van der Waals surface area contributed by atoms with Gasteiger partial charge in [-0.2, -0.15) is 18.3 Å². The molecule has 0 radical (unpaired) electrons. The number of carbonyl (C=O) groups is 2. The van der Waals surface area contributed by atoms with Crippen molar-refractivity contribution >= 4 is 17.6 Å². The van der Waals surface area contributed by atoms with Crippen LogP contribution in [0.25, 0.3) is 0 Å². The standard InChI is InChI=1S/C25H32F3N5O3/c1-16(2)33-21(11-13-30-33)31-23(34)22-20(6-3-12-29-22)36-15-19-5-4-14-32(19)24(35)17-7-9-18(10-8-17)25(26,27)28/h3,6,11-13,16-19H,4-5,7-10,14-15H2,1-2H3,(H,31,34)/t17-,18-,19-/m1/s1. The average Bonchev–Trinajstić information content (AvgIpc) is 3.51. The number of alkyl halides is 3. The molecule has 0 unspecified atom stereocenters. The van der Waals surface area contributed by atoms with E-state index < -0.39 is 18.0 Å². The van der Waals surface area contributed by atoms with Crippen molar-refractivity contribution in [2.45, 2.75) is 70.6 Å². The fourth-order valence-corrected chi connectivity index (χ4v) is 5.07. The highest BCUT2D eigenvalue weighted by Crippen LogP contribution is 2.40. The predicted octanol–water partition coefficient (Wildman–Crippen LogP) is 4.85. The minimum absolute atomic E-state index is 0.00121. The molecule has 11 heteroatoms. The summed E-state index contributed by atoms with van der Waals surface area (Å²) in [7, 11) is 0. The summed E-state index contributed by atoms with van der Waals surface area (Å²) in [4.78, 5) is 32.0. The maximum absolute atomic E-state index is 13.1. The van der Waals surface area contributed by atoms with E-state index >= 15 is 0 Å². The molecule has 3 heterocycles. The number of anilines is 1. The predicted molar refractivity (Wildman–Crippen MR) is 127 cm³/mol. The molecule has 196 valence electrons. The summed E-state index contributed by atoms with van der Waals surface area (Å²) in [6.45, 7) is 4.65. The monoisotopic (exact) mass is 507 g/mol. The van der Waals surface area contributed by atoms with E-state index in [0.717, 1.165) is 12.8 Å². The second-order valence-corrected chi connectivity index (χ2v) is 9.79. The Kier molecular flexibility index (Phi) is 7.85. The van der Waals surface area contributed by atoms with Crippen LogP contribution in [0.15, 0.2) is 30.6 Å². The summed E-state index contributed by atoms with van der Waals surface area (Å²) < 4.78 is 46.6. The van der Waals surface area contributed by atoms with Gasteiger partial charge in [0.1, 0.15) is 12.4 Å². The van der Waals surface area contributed by atoms with Gasteiger partial charge in [-0.3, -0.25) is 9.59 Å². The third-order valence-electron chi connectivity index (χ3n) is 7.02. The Morgan fingerprint density at radius 3 is 2.58 bits per heavy atom. The van der Waals surface area contributed by atoms with E-state index in [1.807, 2.05) is 13.8 Å². The number of pyridine rings is 1. The average molecular weight is 508 g/mol. The molecule has 2 aliphatic rings. The summed E-state index contributed by atoms with van der Waals surface area (Å²) in [5.41, 5.74) is 0.121. The Bertz CT molecular complexity index is 1060. The number of nitrogens with zero attached hydrogens (tertiary/aromatic N) is 4. The Hall–Kier alpha value is -3.11. The van der Waals surface area contributed by atoms with Crippen LogP contribution in [0.4, 0.5) is 19.0 Å². The number of likely N-dealkylation sites (tertiary alicyclic amines) is 1. The Balaban J connectivity index is 1.37. The van der Waals surface area contributed by atoms with Gasteiger partial charge in [0, 0.05) is 30.8 Å². The van der Waals surface area contributed by atoms with Crippen molar-refractivity contribution in [2.75, 3.05) is 18.5 Å². The first kappa shape index (κ1) is 26.0. The third-order valence-corrected chi connectivity index (χ3v) is 7.02. The molecule has 1 atom stereocenters. The SMILES string of the molecule is CC(C)n1nccc1NC(=O)c1ncccc1OC[C@H]1CCCN1C(=O)[C@H]1CC[C@H](C(F)(F)F)CC1. The normalized spacial score (nSPS) is 22.6. The summed E-state index contributed by atoms with van der Waals surface area (Å²) in [5.74, 6) is -1.38. The van der Waals surface area contributed by atoms with Crippen LogP contribution in [-0.2, 0) is 4.79 Å². The number of nitrogens with one attached hydrogen (secondary N) is 1. The highest BCUT2D eigenvalue weighted by molar-refractivity contribution is 6.04. The molecule has 2 aromatic rings. The maximum atomic E-state index is 13.1. The lowest BCUT2D eigenvalue weighted by atomic mass is 9.81. The smallest absolute Gasteiger partial charge is 0.391 e. The number of halogens is 3. The van der Waals surface area contributed by atoms with Crippen molar-refractivity contribution in [1.82, 2.24) is 19.7 Å². The van der Waals surface area contributed by atoms with Crippen LogP contribution in [0.2, 0.25) is 0 Å². The van der Waals surface area contributed by atoms with Gasteiger partial charge in [0.25, 0.3) is 5.91 Å². The van der Waals surface area contributed by atoms with Gasteiger partial charge in [0.05, 0.1) is 18.2 Å². The van der Waals surface area contributed by atoms with Crippen LogP contribution in [0.1, 0.15) is 68.9 Å². The summed E-state index contributed by atoms with van der Waals surface area (Å²) >= 11 is 0. The molecule has 2 aromatic heterocycles. The second-order valence-electron chi connectivity index (χ2n) is 9.79. The lowest BCUT2D eigenvalue weighted by Crippen LogP contribution is -2.44. The fraction of sp³-hybridized carbons (Fsp3) is 0.600. The Morgan fingerprint density at radius 1 is 1.14 bits per heavy atom. The zero-order valence-electron chi connectivity index (χ0n) is 20.5. The molecule has 1 saturated heterocycles. The van der Waals surface area contributed by atoms with Crippen LogP contribution >= 0.6 is 0 Å². The Labute approximate surface area is 208 Å². The van der Waals surface area contributed by atoms with E-state index in [1.165, 1.54) is 6.20 Å². The van der Waals surface area contributed by atoms with Crippen molar-refractivity contribution in [3.8, 4) is 5.75 Å². The first-order valence-corrected chi connectivity index (χ1v) is 12.4. The number of hydrogen-bond donors (Lipinski definition) is 1. The Morgan fingerprint density at radius 2 is 1.89 bits per heavy atom. The molecule has 1 N–H and O–H groups in total. The number of amides is 2. The van der Waals surface area contributed by atoms with Crippen molar-refractivity contribution < 1.29 is 27.5 Å². The van der Waals surface area contributed by atoms with Gasteiger partial charge in [-0.25, -0.2) is 9.67 Å². The first-order chi connectivity index (χ1) is 17.1. The molecule has 2 fully saturated rings. The van der Waals surface area contributed by atoms with Crippen LogP contribution in [0.3, 0.4) is 0 Å². The van der Waals surface area contributed by atoms with Gasteiger partial charge in [0.2, 0.25) is 5.91 Å². The highest BCUT2D eigenvalue weighted by Gasteiger charge is 2.44. The van der Waals surface area contributed by atoms with Crippen molar-refractivity contribution in [3.05, 3.63) is 36.3 Å². The van der Waals surface area contributed by atoms with Gasteiger partial charge in [-0.15, -0.1) is 0 Å². The minimum atomic E-state index is -4.19. The molecule has 1 aliphatic carbocycles. The molecule has 0 aromatic carbocycles. The van der Waals surface area contributed by atoms with Gasteiger partial charge >= 0.3 is 6.18 Å². The number of carbonyl (C=O) groups excluding carboxylic acids is 2. The first-order valence-electron chi connectivity index (χ1n) is 12.4. The molecule has 1 saturated carbocycles. The summed E-state index contributed by atoms with van der Waals surface area (Å²) in [6.07, 6.45) is 0.963. The van der Waals surface area contributed by atoms with Gasteiger partial charge in [-0.1, -0.05) is 0 Å². The fourth-order valence-electron chi connectivity index (χ4n) is 5.07. The van der Waals surface area contributed by atoms with Crippen LogP contribution in [-0.4, -0.2) is 56.8 Å². The zero-order chi connectivity index (χ0) is 25.9. The van der Waals surface area contributed by atoms with E-state index in [0.29, 0.717) is 18.1 Å². The molecule has 36 heavy (non-hydrogen) atoms. The lowest BCUT2D eigenvalue weighted by molar-refractivity contribution is -0.185. The van der Waals surface area contributed by atoms with Crippen LogP contribution < -0.4 is 10.1 Å². The summed E-state index contributed by atoms with van der Waals surface area (Å²) in [6, 6.07) is 4.88. The van der Waals surface area contributed by atoms with E-state index in [9.17, 15) is 22.8 Å². The van der Waals surface area contributed by atoms with E-state index in [4.69, 9.17) is 4.74 Å². The minimum Gasteiger partial charge on any atom is -0.489 e. The van der Waals surface area contributed by atoms with Crippen LogP contribution in [0, 0.1) is 11.8 Å². The van der Waals surface area contributed by atoms with E-state index in [-0.39, 0.29) is 61.9 Å². The van der Waals surface area contributed by atoms with E-state index in [1.54, 1.807) is 34.0 Å². The molecular formula is C25H32F3N5O3. The van der Waals surface area contributed by atoms with Gasteiger partial charge < -0.3 is 15.0 Å².